The first-order chi connectivity index (χ1) is 18.6. The zero-order chi connectivity index (χ0) is 26.6. The van der Waals surface area contributed by atoms with Crippen LogP contribution in [-0.4, -0.2) is 36.7 Å². The van der Waals surface area contributed by atoms with Crippen molar-refractivity contribution in [2.45, 2.75) is 38.0 Å². The highest BCUT2D eigenvalue weighted by atomic mass is 16.8. The summed E-state index contributed by atoms with van der Waals surface area (Å²) >= 11 is 0. The molecule has 1 aliphatic rings. The van der Waals surface area contributed by atoms with E-state index in [1.54, 1.807) is 30.3 Å². The molecule has 1 heterocycles. The van der Waals surface area contributed by atoms with E-state index in [-0.39, 0.29) is 11.8 Å². The van der Waals surface area contributed by atoms with Crippen molar-refractivity contribution >= 4 is 29.5 Å². The van der Waals surface area contributed by atoms with Crippen LogP contribution in [-0.2, 0) is 25.6 Å². The van der Waals surface area contributed by atoms with Crippen molar-refractivity contribution < 1.29 is 24.0 Å². The van der Waals surface area contributed by atoms with E-state index < -0.39 is 18.2 Å². The van der Waals surface area contributed by atoms with Crippen LogP contribution in [0.4, 0.5) is 5.69 Å². The Morgan fingerprint density at radius 1 is 0.921 bits per heavy atom. The molecule has 2 atom stereocenters. The summed E-state index contributed by atoms with van der Waals surface area (Å²) in [6.07, 6.45) is 5.69. The average molecular weight is 514 g/mol. The molecule has 0 spiro atoms. The quantitative estimate of drug-likeness (QED) is 0.278. The summed E-state index contributed by atoms with van der Waals surface area (Å²) < 4.78 is 5.44. The third kappa shape index (κ3) is 8.40. The van der Waals surface area contributed by atoms with Crippen molar-refractivity contribution in [3.05, 3.63) is 108 Å². The molecule has 1 fully saturated rings. The van der Waals surface area contributed by atoms with E-state index in [1.807, 2.05) is 60.7 Å². The molecule has 1 aliphatic heterocycles. The Morgan fingerprint density at radius 3 is 2.32 bits per heavy atom. The number of amides is 3. The van der Waals surface area contributed by atoms with Gasteiger partial charge in [-0.3, -0.25) is 14.4 Å². The standard InChI is InChI=1S/C30H31N3O5/c34-27(19-14-22-9-3-1-4-10-22)32-26(21-23-11-5-2-6-12-23)30(36)31-25-17-15-24(16-18-25)29(35)33-38-28-13-7-8-20-37-28/h1-6,9-12,14-19,26,28H,7-8,13,20-21H2,(H,31,36)(H,32,34)(H,33,35). The van der Waals surface area contributed by atoms with E-state index in [2.05, 4.69) is 16.1 Å². The fraction of sp³-hybridized carbons (Fsp3) is 0.233. The van der Waals surface area contributed by atoms with Crippen LogP contribution in [0.3, 0.4) is 0 Å². The molecule has 1 saturated heterocycles. The first kappa shape index (κ1) is 26.8. The third-order valence-corrected chi connectivity index (χ3v) is 5.98. The molecule has 8 heteroatoms. The normalized spacial score (nSPS) is 15.9. The fourth-order valence-electron chi connectivity index (χ4n) is 3.93. The molecule has 3 aromatic carbocycles. The van der Waals surface area contributed by atoms with Crippen LogP contribution >= 0.6 is 0 Å². The van der Waals surface area contributed by atoms with Crippen LogP contribution in [0.15, 0.2) is 91.0 Å². The van der Waals surface area contributed by atoms with Crippen LogP contribution < -0.4 is 16.1 Å². The zero-order valence-electron chi connectivity index (χ0n) is 21.0. The Labute approximate surface area is 222 Å². The van der Waals surface area contributed by atoms with Gasteiger partial charge in [-0.1, -0.05) is 60.7 Å². The van der Waals surface area contributed by atoms with Gasteiger partial charge in [-0.05, 0) is 54.3 Å². The Hall–Kier alpha value is -4.27. The molecular weight excluding hydrogens is 482 g/mol. The van der Waals surface area contributed by atoms with Gasteiger partial charge in [0.05, 0.1) is 0 Å². The topological polar surface area (TPSA) is 106 Å². The minimum absolute atomic E-state index is 0.318. The summed E-state index contributed by atoms with van der Waals surface area (Å²) in [6.45, 7) is 0.615. The number of hydroxylamine groups is 1. The molecule has 4 rings (SSSR count). The van der Waals surface area contributed by atoms with Crippen LogP contribution in [0.2, 0.25) is 0 Å². The van der Waals surface area contributed by atoms with Gasteiger partial charge in [0.25, 0.3) is 5.91 Å². The maximum atomic E-state index is 13.2. The summed E-state index contributed by atoms with van der Waals surface area (Å²) in [5, 5.41) is 5.63. The number of rotatable bonds is 10. The lowest BCUT2D eigenvalue weighted by molar-refractivity contribution is -0.186. The van der Waals surface area contributed by atoms with Crippen LogP contribution in [0.25, 0.3) is 6.08 Å². The zero-order valence-corrected chi connectivity index (χ0v) is 21.0. The van der Waals surface area contributed by atoms with Crippen molar-refractivity contribution in [1.29, 1.82) is 0 Å². The minimum Gasteiger partial charge on any atom is -0.350 e. The number of hydrogen-bond donors (Lipinski definition) is 3. The largest absolute Gasteiger partial charge is 0.350 e. The lowest BCUT2D eigenvalue weighted by atomic mass is 10.0. The molecule has 0 bridgehead atoms. The maximum absolute atomic E-state index is 13.2. The third-order valence-electron chi connectivity index (χ3n) is 5.98. The maximum Gasteiger partial charge on any atom is 0.274 e. The molecule has 0 aromatic heterocycles. The Kier molecular flexibility index (Phi) is 9.78. The van der Waals surface area contributed by atoms with Crippen molar-refractivity contribution in [2.24, 2.45) is 0 Å². The first-order valence-corrected chi connectivity index (χ1v) is 12.6. The van der Waals surface area contributed by atoms with Gasteiger partial charge in [-0.2, -0.15) is 0 Å². The molecule has 0 aliphatic carbocycles. The summed E-state index contributed by atoms with van der Waals surface area (Å²) in [6, 6.07) is 24.5. The Bertz CT molecular complexity index is 1220. The van der Waals surface area contributed by atoms with Crippen LogP contribution in [0, 0.1) is 0 Å². The number of anilines is 1. The second kappa shape index (κ2) is 13.9. The summed E-state index contributed by atoms with van der Waals surface area (Å²) in [4.78, 5) is 43.5. The predicted octanol–water partition coefficient (Wildman–Crippen LogP) is 4.25. The van der Waals surface area contributed by atoms with Crippen molar-refractivity contribution in [3.8, 4) is 0 Å². The number of nitrogens with one attached hydrogen (secondary N) is 3. The van der Waals surface area contributed by atoms with Gasteiger partial charge in [0.1, 0.15) is 6.04 Å². The van der Waals surface area contributed by atoms with Gasteiger partial charge in [-0.25, -0.2) is 10.3 Å². The lowest BCUT2D eigenvalue weighted by Crippen LogP contribution is -2.44. The summed E-state index contributed by atoms with van der Waals surface area (Å²) in [7, 11) is 0. The predicted molar refractivity (Wildman–Crippen MR) is 145 cm³/mol. The highest BCUT2D eigenvalue weighted by Crippen LogP contribution is 2.14. The molecule has 3 aromatic rings. The number of carbonyl (C=O) groups excluding carboxylic acids is 3. The number of carbonyl (C=O) groups is 3. The molecule has 3 amide bonds. The molecule has 196 valence electrons. The lowest BCUT2D eigenvalue weighted by Gasteiger charge is -2.22. The molecule has 0 saturated carbocycles. The minimum atomic E-state index is -0.808. The second-order valence-electron chi connectivity index (χ2n) is 8.91. The van der Waals surface area contributed by atoms with Gasteiger partial charge < -0.3 is 15.4 Å². The van der Waals surface area contributed by atoms with E-state index in [1.165, 1.54) is 6.08 Å². The van der Waals surface area contributed by atoms with Gasteiger partial charge in [0.2, 0.25) is 11.8 Å². The van der Waals surface area contributed by atoms with Gasteiger partial charge in [-0.15, -0.1) is 0 Å². The van der Waals surface area contributed by atoms with E-state index >= 15 is 0 Å². The SMILES string of the molecule is O=C(C=Cc1ccccc1)NC(Cc1ccccc1)C(=O)Nc1ccc(C(=O)NOC2CCCCO2)cc1. The number of benzene rings is 3. The molecule has 0 radical (unpaired) electrons. The Balaban J connectivity index is 1.36. The number of hydrogen-bond acceptors (Lipinski definition) is 5. The first-order valence-electron chi connectivity index (χ1n) is 12.6. The van der Waals surface area contributed by atoms with Crippen molar-refractivity contribution in [2.75, 3.05) is 11.9 Å². The molecule has 2 unspecified atom stereocenters. The Morgan fingerprint density at radius 2 is 1.63 bits per heavy atom. The fourth-order valence-corrected chi connectivity index (χ4v) is 3.93. The van der Waals surface area contributed by atoms with Crippen molar-refractivity contribution in [1.82, 2.24) is 10.8 Å². The monoisotopic (exact) mass is 513 g/mol. The van der Waals surface area contributed by atoms with Crippen molar-refractivity contribution in [3.63, 3.8) is 0 Å². The highest BCUT2D eigenvalue weighted by molar-refractivity contribution is 6.00. The average Bonchev–Trinajstić information content (AvgIpc) is 2.96. The van der Waals surface area contributed by atoms with Gasteiger partial charge in [0.15, 0.2) is 6.29 Å². The van der Waals surface area contributed by atoms with Crippen LogP contribution in [0.5, 0.6) is 0 Å². The summed E-state index contributed by atoms with van der Waals surface area (Å²) in [5.74, 6) is -1.15. The number of ether oxygens (including phenoxy) is 1. The smallest absolute Gasteiger partial charge is 0.274 e. The van der Waals surface area contributed by atoms with E-state index in [9.17, 15) is 14.4 Å². The molecule has 38 heavy (non-hydrogen) atoms. The van der Waals surface area contributed by atoms with Gasteiger partial charge in [0, 0.05) is 36.8 Å². The van der Waals surface area contributed by atoms with E-state index in [4.69, 9.17) is 9.57 Å². The highest BCUT2D eigenvalue weighted by Gasteiger charge is 2.21. The van der Waals surface area contributed by atoms with Crippen LogP contribution in [0.1, 0.15) is 40.7 Å². The molecule has 8 nitrogen and oxygen atoms in total. The summed E-state index contributed by atoms with van der Waals surface area (Å²) in [5.41, 5.74) is 5.08. The van der Waals surface area contributed by atoms with E-state index in [0.29, 0.717) is 24.3 Å². The van der Waals surface area contributed by atoms with E-state index in [0.717, 1.165) is 30.4 Å². The molecular formula is C30H31N3O5. The second-order valence-corrected chi connectivity index (χ2v) is 8.91. The molecule has 3 N–H and O–H groups in total. The van der Waals surface area contributed by atoms with Gasteiger partial charge >= 0.3 is 0 Å².